The standard InChI is InChI=1S/C4H9.C3H7.Al/c1-3-4-2;1-3-2;/h1,3-4H2,2H3;3H,1-2H3;. The van der Waals surface area contributed by atoms with E-state index in [-0.39, 0.29) is 0 Å². The van der Waals surface area contributed by atoms with Crippen molar-refractivity contribution < 1.29 is 0 Å². The minimum absolute atomic E-state index is 0.765. The molecule has 0 aliphatic carbocycles. The molecule has 1 radical (unpaired) electrons. The van der Waals surface area contributed by atoms with Crippen molar-refractivity contribution in [3.05, 3.63) is 0 Å². The summed E-state index contributed by atoms with van der Waals surface area (Å²) in [6.45, 7) is 6.91. The molecule has 0 amide bonds. The molecule has 0 saturated carbocycles. The van der Waals surface area contributed by atoms with Crippen molar-refractivity contribution in [2.24, 2.45) is 0 Å². The first-order chi connectivity index (χ1) is 3.77. The molecule has 8 heavy (non-hydrogen) atoms. The van der Waals surface area contributed by atoms with Crippen molar-refractivity contribution >= 4 is 15.2 Å². The van der Waals surface area contributed by atoms with Crippen LogP contribution in [0.3, 0.4) is 0 Å². The largest absolute Gasteiger partial charge is 0.204 e. The maximum atomic E-state index is 2.32. The maximum Gasteiger partial charge on any atom is 0.204 e. The van der Waals surface area contributed by atoms with E-state index in [0.717, 1.165) is 20.0 Å². The number of hydrogen-bond acceptors (Lipinski definition) is 0. The Labute approximate surface area is 59.4 Å². The van der Waals surface area contributed by atoms with Gasteiger partial charge in [-0.15, -0.1) is 5.28 Å². The van der Waals surface area contributed by atoms with Gasteiger partial charge in [-0.3, -0.25) is 0 Å². The molecule has 0 atom stereocenters. The molecule has 0 fully saturated rings. The second-order valence-electron chi connectivity index (χ2n) is 2.62. The van der Waals surface area contributed by atoms with Crippen molar-refractivity contribution in [3.63, 3.8) is 0 Å². The summed E-state index contributed by atoms with van der Waals surface area (Å²) in [6.07, 6.45) is 2.83. The van der Waals surface area contributed by atoms with Crippen molar-refractivity contribution in [2.75, 3.05) is 0 Å². The molecule has 0 nitrogen and oxygen atoms in total. The number of hydrogen-bond donors (Lipinski definition) is 0. The predicted octanol–water partition coefficient (Wildman–Crippen LogP) is 2.74. The van der Waals surface area contributed by atoms with Gasteiger partial charge in [0.05, 0.1) is 0 Å². The van der Waals surface area contributed by atoms with Crippen LogP contribution < -0.4 is 0 Å². The minimum atomic E-state index is 0.765. The Hall–Kier alpha value is 0.532. The Morgan fingerprint density at radius 3 is 2.38 bits per heavy atom. The molecule has 0 aliphatic rings. The van der Waals surface area contributed by atoms with E-state index in [2.05, 4.69) is 20.8 Å². The molecule has 0 aromatic rings. The van der Waals surface area contributed by atoms with E-state index in [9.17, 15) is 0 Å². The van der Waals surface area contributed by atoms with E-state index in [1.54, 1.807) is 0 Å². The molecule has 0 heterocycles. The zero-order valence-corrected chi connectivity index (χ0v) is 7.43. The van der Waals surface area contributed by atoms with Gasteiger partial charge in [-0.2, -0.15) is 0 Å². The van der Waals surface area contributed by atoms with Gasteiger partial charge in [0.25, 0.3) is 0 Å². The van der Waals surface area contributed by atoms with Crippen LogP contribution in [0.1, 0.15) is 33.6 Å². The Kier molecular flexibility index (Phi) is 6.04. The highest BCUT2D eigenvalue weighted by Crippen LogP contribution is 2.03. The number of unbranched alkanes of at least 4 members (excludes halogenated alkanes) is 1. The lowest BCUT2D eigenvalue weighted by molar-refractivity contribution is 0.868. The van der Waals surface area contributed by atoms with Gasteiger partial charge in [0, 0.05) is 0 Å². The van der Waals surface area contributed by atoms with E-state index in [4.69, 9.17) is 0 Å². The normalized spacial score (nSPS) is 10.0. The summed E-state index contributed by atoms with van der Waals surface area (Å²) in [7, 11) is 0. The molecule has 0 rings (SSSR count). The summed E-state index contributed by atoms with van der Waals surface area (Å²) in [5.41, 5.74) is 0. The van der Waals surface area contributed by atoms with Crippen LogP contribution >= 0.6 is 0 Å². The van der Waals surface area contributed by atoms with Crippen molar-refractivity contribution in [2.45, 2.75) is 43.7 Å². The van der Waals surface area contributed by atoms with E-state index in [1.165, 1.54) is 18.1 Å². The van der Waals surface area contributed by atoms with Crippen LogP contribution in [0.4, 0.5) is 0 Å². The molecular weight excluding hydrogens is 111 g/mol. The molecule has 0 N–H and O–H groups in total. The second kappa shape index (κ2) is 5.67. The van der Waals surface area contributed by atoms with Gasteiger partial charge in [0.2, 0.25) is 15.2 Å². The van der Waals surface area contributed by atoms with Gasteiger partial charge in [-0.05, 0) is 0 Å². The molecule has 47 valence electrons. The van der Waals surface area contributed by atoms with E-state index in [1.807, 2.05) is 0 Å². The molecule has 0 bridgehead atoms. The summed E-state index contributed by atoms with van der Waals surface area (Å²) in [4.78, 5) is 0. The monoisotopic (exact) mass is 127 g/mol. The predicted molar refractivity (Wildman–Crippen MR) is 40.6 cm³/mol. The fraction of sp³-hybridized carbons (Fsp3) is 1.00. The zero-order chi connectivity index (χ0) is 6.41. The molecular formula is C7H16Al. The van der Waals surface area contributed by atoms with E-state index in [0.29, 0.717) is 0 Å². The van der Waals surface area contributed by atoms with Crippen molar-refractivity contribution in [1.82, 2.24) is 0 Å². The maximum absolute atomic E-state index is 2.32. The van der Waals surface area contributed by atoms with Gasteiger partial charge < -0.3 is 0 Å². The third-order valence-electron chi connectivity index (χ3n) is 1.20. The van der Waals surface area contributed by atoms with Gasteiger partial charge in [0.15, 0.2) is 0 Å². The number of rotatable bonds is 4. The highest BCUT2D eigenvalue weighted by atomic mass is 27.1. The first-order valence-corrected chi connectivity index (χ1v) is 5.09. The topological polar surface area (TPSA) is 0 Å². The van der Waals surface area contributed by atoms with Crippen LogP contribution in [0.5, 0.6) is 0 Å². The quantitative estimate of drug-likeness (QED) is 0.402. The lowest BCUT2D eigenvalue weighted by Crippen LogP contribution is -1.92. The molecule has 1 heteroatoms. The van der Waals surface area contributed by atoms with Crippen LogP contribution in [-0.2, 0) is 0 Å². The van der Waals surface area contributed by atoms with Gasteiger partial charge in [-0.25, -0.2) is 0 Å². The first-order valence-electron chi connectivity index (χ1n) is 3.60. The van der Waals surface area contributed by atoms with Crippen LogP contribution in [0.25, 0.3) is 0 Å². The highest BCUT2D eigenvalue weighted by Gasteiger charge is 1.94. The molecule has 0 aliphatic heterocycles. The van der Waals surface area contributed by atoms with Crippen molar-refractivity contribution in [1.29, 1.82) is 0 Å². The van der Waals surface area contributed by atoms with Gasteiger partial charge in [0.1, 0.15) is 0 Å². The fourth-order valence-electron chi connectivity index (χ4n) is 0.655. The lowest BCUT2D eigenvalue weighted by Gasteiger charge is -1.97. The highest BCUT2D eigenvalue weighted by molar-refractivity contribution is 6.37. The van der Waals surface area contributed by atoms with E-state index >= 15 is 0 Å². The van der Waals surface area contributed by atoms with Crippen LogP contribution in [0.15, 0.2) is 0 Å². The van der Waals surface area contributed by atoms with Crippen LogP contribution in [-0.4, -0.2) is 15.2 Å². The Morgan fingerprint density at radius 2 is 2.00 bits per heavy atom. The van der Waals surface area contributed by atoms with Crippen molar-refractivity contribution in [3.8, 4) is 0 Å². The van der Waals surface area contributed by atoms with Crippen LogP contribution in [0.2, 0.25) is 10.1 Å². The third kappa shape index (κ3) is 6.53. The summed E-state index contributed by atoms with van der Waals surface area (Å²) in [5.74, 6) is 0. The fourth-order valence-corrected chi connectivity index (χ4v) is 1.97. The lowest BCUT2D eigenvalue weighted by atomic mass is 10.4. The summed E-state index contributed by atoms with van der Waals surface area (Å²) in [5, 5.41) is 1.51. The zero-order valence-electron chi connectivity index (χ0n) is 6.28. The summed E-state index contributed by atoms with van der Waals surface area (Å²) >= 11 is 0.765. The van der Waals surface area contributed by atoms with Gasteiger partial charge >= 0.3 is 0 Å². The Morgan fingerprint density at radius 1 is 1.38 bits per heavy atom. The third-order valence-corrected chi connectivity index (χ3v) is 2.88. The first kappa shape index (κ1) is 8.53. The average Bonchev–Trinajstić information content (AvgIpc) is 1.66. The average molecular weight is 127 g/mol. The molecule has 0 aromatic carbocycles. The smallest absolute Gasteiger partial charge is 0.103 e. The summed E-state index contributed by atoms with van der Waals surface area (Å²) < 4.78 is 0.988. The molecule has 0 spiro atoms. The molecule has 0 aromatic heterocycles. The molecule has 0 saturated heterocycles. The SMILES string of the molecule is CCC[CH2][Al][CH](C)C. The van der Waals surface area contributed by atoms with E-state index < -0.39 is 0 Å². The molecule has 0 unspecified atom stereocenters. The Balaban J connectivity index is 2.72. The van der Waals surface area contributed by atoms with Gasteiger partial charge in [-0.1, -0.05) is 38.4 Å². The summed E-state index contributed by atoms with van der Waals surface area (Å²) in [6, 6.07) is 0. The van der Waals surface area contributed by atoms with Crippen LogP contribution in [0, 0.1) is 0 Å². The minimum Gasteiger partial charge on any atom is -0.103 e. The second-order valence-corrected chi connectivity index (χ2v) is 5.00. The Bertz CT molecular complexity index is 41.7.